The van der Waals surface area contributed by atoms with Crippen LogP contribution in [0.2, 0.25) is 5.02 Å². The summed E-state index contributed by atoms with van der Waals surface area (Å²) in [4.78, 5) is 0. The fraction of sp³-hybridized carbons (Fsp3) is 0.769. The maximum atomic E-state index is 10.3. The van der Waals surface area contributed by atoms with Crippen molar-refractivity contribution < 1.29 is 5.11 Å². The summed E-state index contributed by atoms with van der Waals surface area (Å²) in [7, 11) is 1.90. The smallest absolute Gasteiger partial charge is 0.0847 e. The molecule has 0 amide bonds. The van der Waals surface area contributed by atoms with Gasteiger partial charge in [0, 0.05) is 25.4 Å². The van der Waals surface area contributed by atoms with Gasteiger partial charge in [-0.15, -0.1) is 0 Å². The maximum Gasteiger partial charge on any atom is 0.0847 e. The Morgan fingerprint density at radius 1 is 1.56 bits per heavy atom. The normalized spacial score (nSPS) is 28.6. The highest BCUT2D eigenvalue weighted by molar-refractivity contribution is 6.31. The van der Waals surface area contributed by atoms with E-state index in [1.54, 1.807) is 0 Å². The molecule has 0 aliphatic heterocycles. The molecule has 1 aliphatic carbocycles. The molecule has 5 heteroatoms. The molecule has 1 fully saturated rings. The van der Waals surface area contributed by atoms with E-state index in [2.05, 4.69) is 5.10 Å². The summed E-state index contributed by atoms with van der Waals surface area (Å²) in [6, 6.07) is 0. The first-order chi connectivity index (χ1) is 8.50. The molecule has 2 atom stereocenters. The molecule has 2 rings (SSSR count). The Bertz CT molecular complexity index is 432. The summed E-state index contributed by atoms with van der Waals surface area (Å²) in [5.41, 5.74) is 7.54. The molecule has 1 aliphatic rings. The summed E-state index contributed by atoms with van der Waals surface area (Å²) in [5, 5.41) is 15.4. The van der Waals surface area contributed by atoms with Crippen LogP contribution < -0.4 is 5.73 Å². The van der Waals surface area contributed by atoms with Gasteiger partial charge in [-0.1, -0.05) is 24.4 Å². The number of aromatic nitrogens is 2. The summed E-state index contributed by atoms with van der Waals surface area (Å²) in [6.45, 7) is 2.40. The van der Waals surface area contributed by atoms with Crippen LogP contribution in [0.3, 0.4) is 0 Å². The SMILES string of the molecule is Cc1nn(C)c(CC2(CN)CCCCC2O)c1Cl. The lowest BCUT2D eigenvalue weighted by molar-refractivity contribution is -0.00693. The van der Waals surface area contributed by atoms with E-state index < -0.39 is 0 Å². The third-order valence-electron chi connectivity index (χ3n) is 4.30. The van der Waals surface area contributed by atoms with Crippen molar-refractivity contribution in [1.29, 1.82) is 0 Å². The van der Waals surface area contributed by atoms with E-state index in [0.29, 0.717) is 18.0 Å². The van der Waals surface area contributed by atoms with Crippen LogP contribution in [0.25, 0.3) is 0 Å². The van der Waals surface area contributed by atoms with Gasteiger partial charge in [0.2, 0.25) is 0 Å². The van der Waals surface area contributed by atoms with Gasteiger partial charge in [0.25, 0.3) is 0 Å². The average Bonchev–Trinajstić information content (AvgIpc) is 2.59. The Kier molecular flexibility index (Phi) is 3.99. The second kappa shape index (κ2) is 5.19. The molecule has 18 heavy (non-hydrogen) atoms. The second-order valence-electron chi connectivity index (χ2n) is 5.47. The van der Waals surface area contributed by atoms with Crippen LogP contribution in [0.1, 0.15) is 37.1 Å². The fourth-order valence-corrected chi connectivity index (χ4v) is 3.24. The fourth-order valence-electron chi connectivity index (χ4n) is 3.01. The number of aliphatic hydroxyl groups excluding tert-OH is 1. The lowest BCUT2D eigenvalue weighted by Gasteiger charge is -2.40. The van der Waals surface area contributed by atoms with Crippen LogP contribution in [-0.4, -0.2) is 27.5 Å². The first-order valence-corrected chi connectivity index (χ1v) is 6.94. The van der Waals surface area contributed by atoms with Gasteiger partial charge in [-0.3, -0.25) is 4.68 Å². The molecule has 0 spiro atoms. The molecular weight excluding hydrogens is 250 g/mol. The summed E-state index contributed by atoms with van der Waals surface area (Å²) < 4.78 is 1.82. The Hall–Kier alpha value is -0.580. The topological polar surface area (TPSA) is 64.1 Å². The third-order valence-corrected chi connectivity index (χ3v) is 4.79. The number of nitrogens with zero attached hydrogens (tertiary/aromatic N) is 2. The number of hydrogen-bond donors (Lipinski definition) is 2. The van der Waals surface area contributed by atoms with Crippen LogP contribution in [-0.2, 0) is 13.5 Å². The largest absolute Gasteiger partial charge is 0.392 e. The van der Waals surface area contributed by atoms with Crippen molar-refractivity contribution in [3.05, 3.63) is 16.4 Å². The van der Waals surface area contributed by atoms with E-state index in [4.69, 9.17) is 17.3 Å². The lowest BCUT2D eigenvalue weighted by atomic mass is 9.69. The molecule has 1 aromatic rings. The quantitative estimate of drug-likeness (QED) is 0.881. The number of aryl methyl sites for hydroxylation is 2. The molecule has 0 radical (unpaired) electrons. The minimum absolute atomic E-state index is 0.234. The lowest BCUT2D eigenvalue weighted by Crippen LogP contribution is -2.46. The first-order valence-electron chi connectivity index (χ1n) is 6.56. The zero-order valence-electron chi connectivity index (χ0n) is 11.1. The molecular formula is C13H22ClN3O. The summed E-state index contributed by atoms with van der Waals surface area (Å²) in [5.74, 6) is 0. The van der Waals surface area contributed by atoms with Gasteiger partial charge in [0.05, 0.1) is 22.5 Å². The van der Waals surface area contributed by atoms with Gasteiger partial charge in [-0.25, -0.2) is 0 Å². The Labute approximate surface area is 113 Å². The van der Waals surface area contributed by atoms with Crippen LogP contribution >= 0.6 is 11.6 Å². The van der Waals surface area contributed by atoms with E-state index in [-0.39, 0.29) is 11.5 Å². The highest BCUT2D eigenvalue weighted by Gasteiger charge is 2.40. The Morgan fingerprint density at radius 3 is 2.78 bits per heavy atom. The standard InChI is InChI=1S/C13H22ClN3O/c1-9-12(14)10(17(2)16-9)7-13(8-15)6-4-3-5-11(13)18/h11,18H,3-8,15H2,1-2H3. The van der Waals surface area contributed by atoms with Gasteiger partial charge in [-0.2, -0.15) is 5.10 Å². The summed E-state index contributed by atoms with van der Waals surface area (Å²) in [6.07, 6.45) is 4.39. The minimum atomic E-state index is -0.331. The van der Waals surface area contributed by atoms with E-state index in [1.165, 1.54) is 0 Å². The van der Waals surface area contributed by atoms with Crippen molar-refractivity contribution in [2.45, 2.75) is 45.1 Å². The van der Waals surface area contributed by atoms with Crippen molar-refractivity contribution in [2.24, 2.45) is 18.2 Å². The van der Waals surface area contributed by atoms with E-state index in [0.717, 1.165) is 37.1 Å². The number of nitrogens with two attached hydrogens (primary N) is 1. The predicted octanol–water partition coefficient (Wildman–Crippen LogP) is 1.80. The van der Waals surface area contributed by atoms with Crippen LogP contribution in [0.4, 0.5) is 0 Å². The maximum absolute atomic E-state index is 10.3. The predicted molar refractivity (Wildman–Crippen MR) is 72.6 cm³/mol. The molecule has 1 heterocycles. The van der Waals surface area contributed by atoms with Gasteiger partial charge < -0.3 is 10.8 Å². The van der Waals surface area contributed by atoms with Gasteiger partial charge >= 0.3 is 0 Å². The van der Waals surface area contributed by atoms with Gasteiger partial charge in [0.1, 0.15) is 0 Å². The van der Waals surface area contributed by atoms with Gasteiger partial charge in [-0.05, 0) is 19.8 Å². The minimum Gasteiger partial charge on any atom is -0.392 e. The van der Waals surface area contributed by atoms with Crippen molar-refractivity contribution in [3.8, 4) is 0 Å². The molecule has 0 bridgehead atoms. The zero-order valence-corrected chi connectivity index (χ0v) is 11.9. The number of halogens is 1. The zero-order chi connectivity index (χ0) is 13.3. The third kappa shape index (κ3) is 2.29. The number of rotatable bonds is 3. The van der Waals surface area contributed by atoms with Crippen molar-refractivity contribution in [1.82, 2.24) is 9.78 Å². The van der Waals surface area contributed by atoms with Crippen molar-refractivity contribution in [2.75, 3.05) is 6.54 Å². The van der Waals surface area contributed by atoms with E-state index in [9.17, 15) is 5.11 Å². The van der Waals surface area contributed by atoms with E-state index in [1.807, 2.05) is 18.7 Å². The number of hydrogen-bond acceptors (Lipinski definition) is 3. The molecule has 3 N–H and O–H groups in total. The average molecular weight is 272 g/mol. The second-order valence-corrected chi connectivity index (χ2v) is 5.85. The monoisotopic (exact) mass is 271 g/mol. The molecule has 102 valence electrons. The number of aliphatic hydroxyl groups is 1. The van der Waals surface area contributed by atoms with Crippen LogP contribution in [0.5, 0.6) is 0 Å². The van der Waals surface area contributed by atoms with Crippen molar-refractivity contribution in [3.63, 3.8) is 0 Å². The first kappa shape index (κ1) is 13.8. The van der Waals surface area contributed by atoms with E-state index >= 15 is 0 Å². The molecule has 2 unspecified atom stereocenters. The summed E-state index contributed by atoms with van der Waals surface area (Å²) >= 11 is 6.29. The van der Waals surface area contributed by atoms with Crippen molar-refractivity contribution >= 4 is 11.6 Å². The van der Waals surface area contributed by atoms with Gasteiger partial charge in [0.15, 0.2) is 0 Å². The molecule has 0 saturated heterocycles. The molecule has 0 aromatic carbocycles. The highest BCUT2D eigenvalue weighted by atomic mass is 35.5. The van der Waals surface area contributed by atoms with Crippen LogP contribution in [0, 0.1) is 12.3 Å². The molecule has 1 saturated carbocycles. The molecule has 4 nitrogen and oxygen atoms in total. The van der Waals surface area contributed by atoms with Crippen LogP contribution in [0.15, 0.2) is 0 Å². The Morgan fingerprint density at radius 2 is 2.28 bits per heavy atom. The highest BCUT2D eigenvalue weighted by Crippen LogP contribution is 2.40. The molecule has 1 aromatic heterocycles. The Balaban J connectivity index is 2.29.